The van der Waals surface area contributed by atoms with Crippen LogP contribution in [0.2, 0.25) is 0 Å². The lowest BCUT2D eigenvalue weighted by atomic mass is 10.2. The molecule has 4 rings (SSSR count). The summed E-state index contributed by atoms with van der Waals surface area (Å²) >= 11 is 0. The number of aliphatic imine (C=N–C) groups is 1. The smallest absolute Gasteiger partial charge is 0.280 e. The van der Waals surface area contributed by atoms with Crippen molar-refractivity contribution in [2.75, 3.05) is 16.9 Å². The van der Waals surface area contributed by atoms with E-state index in [1.165, 1.54) is 18.2 Å². The summed E-state index contributed by atoms with van der Waals surface area (Å²) in [6.07, 6.45) is 5.50. The van der Waals surface area contributed by atoms with Crippen LogP contribution in [0.15, 0.2) is 77.7 Å². The minimum atomic E-state index is -0.411. The predicted octanol–water partition coefficient (Wildman–Crippen LogP) is 1.39. The average molecular weight is 365 g/mol. The van der Waals surface area contributed by atoms with Crippen LogP contribution in [0.4, 0.5) is 15.8 Å². The van der Waals surface area contributed by atoms with Crippen LogP contribution in [0.25, 0.3) is 0 Å². The zero-order valence-corrected chi connectivity index (χ0v) is 14.4. The van der Waals surface area contributed by atoms with Gasteiger partial charge in [0.2, 0.25) is 5.84 Å². The molecule has 1 amide bonds. The zero-order valence-electron chi connectivity index (χ0n) is 14.4. The number of hydrogen-bond acceptors (Lipinski definition) is 4. The molecule has 0 bridgehead atoms. The Balaban J connectivity index is 1.49. The van der Waals surface area contributed by atoms with Crippen molar-refractivity contribution in [2.45, 2.75) is 6.61 Å². The minimum Gasteiger partial charge on any atom is -0.392 e. The lowest BCUT2D eigenvalue weighted by Gasteiger charge is -2.26. The standard InChI is InChI=1S/C20H17FN4O2/c21-15-4-2-5-16(10-15)22-20(27)18-11-25-13-24(8-7-19(25)23-18)17-6-1-3-14(9-17)12-26/h1-11,26H,12-13H2,(H,22,27)/p+1. The maximum absolute atomic E-state index is 13.3. The summed E-state index contributed by atoms with van der Waals surface area (Å²) in [6.45, 7) is 0.555. The normalized spacial score (nSPS) is 18.0. The number of fused-ring (bicyclic) bond motifs is 1. The van der Waals surface area contributed by atoms with E-state index in [1.807, 2.05) is 41.4 Å². The van der Waals surface area contributed by atoms with Crippen molar-refractivity contribution in [3.63, 3.8) is 0 Å². The van der Waals surface area contributed by atoms with Gasteiger partial charge in [-0.2, -0.15) is 4.99 Å². The third-order valence-electron chi connectivity index (χ3n) is 4.37. The summed E-state index contributed by atoms with van der Waals surface area (Å²) in [7, 11) is 0. The van der Waals surface area contributed by atoms with Crippen LogP contribution in [0.1, 0.15) is 5.56 Å². The monoisotopic (exact) mass is 365 g/mol. The zero-order chi connectivity index (χ0) is 18.8. The SMILES string of the molecule is O=C(Nc1cccc(F)c1)C1=C[NH+]2CN(c3cccc(CO)c3)C=CC2=N1. The molecule has 0 aliphatic carbocycles. The number of amidine groups is 1. The summed E-state index contributed by atoms with van der Waals surface area (Å²) in [5.74, 6) is -0.0440. The van der Waals surface area contributed by atoms with Crippen molar-refractivity contribution in [3.05, 3.63) is 84.1 Å². The van der Waals surface area contributed by atoms with Crippen molar-refractivity contribution in [3.8, 4) is 0 Å². The van der Waals surface area contributed by atoms with E-state index < -0.39 is 5.82 Å². The predicted molar refractivity (Wildman–Crippen MR) is 100 cm³/mol. The number of anilines is 2. The Morgan fingerprint density at radius 2 is 2.11 bits per heavy atom. The van der Waals surface area contributed by atoms with Crippen molar-refractivity contribution < 1.29 is 19.2 Å². The Kier molecular flexibility index (Phi) is 4.53. The molecule has 0 spiro atoms. The molecule has 136 valence electrons. The van der Waals surface area contributed by atoms with Crippen LogP contribution >= 0.6 is 0 Å². The van der Waals surface area contributed by atoms with Crippen molar-refractivity contribution >= 4 is 23.1 Å². The maximum atomic E-state index is 13.3. The number of rotatable bonds is 4. The second-order valence-electron chi connectivity index (χ2n) is 6.29. The first-order valence-electron chi connectivity index (χ1n) is 8.50. The van der Waals surface area contributed by atoms with Gasteiger partial charge in [-0.15, -0.1) is 0 Å². The molecule has 1 unspecified atom stereocenters. The van der Waals surface area contributed by atoms with Crippen molar-refractivity contribution in [1.82, 2.24) is 0 Å². The maximum Gasteiger partial charge on any atom is 0.280 e. The van der Waals surface area contributed by atoms with Crippen molar-refractivity contribution in [1.29, 1.82) is 0 Å². The molecule has 6 nitrogen and oxygen atoms in total. The number of aliphatic hydroxyl groups excluding tert-OH is 1. The van der Waals surface area contributed by atoms with Gasteiger partial charge in [0.15, 0.2) is 12.4 Å². The van der Waals surface area contributed by atoms with Gasteiger partial charge in [-0.3, -0.25) is 9.69 Å². The number of amides is 1. The number of nitrogens with one attached hydrogen (secondary N) is 2. The van der Waals surface area contributed by atoms with E-state index in [4.69, 9.17) is 0 Å². The van der Waals surface area contributed by atoms with E-state index in [9.17, 15) is 14.3 Å². The molecule has 0 radical (unpaired) electrons. The third kappa shape index (κ3) is 3.64. The molecule has 2 heterocycles. The van der Waals surface area contributed by atoms with Crippen LogP contribution in [0.3, 0.4) is 0 Å². The molecule has 2 aliphatic rings. The first-order valence-corrected chi connectivity index (χ1v) is 8.50. The highest BCUT2D eigenvalue weighted by atomic mass is 19.1. The lowest BCUT2D eigenvalue weighted by Crippen LogP contribution is -3.11. The largest absolute Gasteiger partial charge is 0.392 e. The van der Waals surface area contributed by atoms with E-state index in [0.717, 1.165) is 22.0 Å². The van der Waals surface area contributed by atoms with E-state index in [-0.39, 0.29) is 12.5 Å². The van der Waals surface area contributed by atoms with Gasteiger partial charge < -0.3 is 10.4 Å². The molecule has 0 saturated carbocycles. The van der Waals surface area contributed by atoms with E-state index in [2.05, 4.69) is 10.3 Å². The molecule has 3 N–H and O–H groups in total. The molecule has 7 heteroatoms. The number of aliphatic hydroxyl groups is 1. The number of benzene rings is 2. The Labute approximate surface area is 155 Å². The van der Waals surface area contributed by atoms with Gasteiger partial charge in [-0.05, 0) is 35.9 Å². The Morgan fingerprint density at radius 1 is 1.26 bits per heavy atom. The molecule has 27 heavy (non-hydrogen) atoms. The Hall–Kier alpha value is -3.29. The van der Waals surface area contributed by atoms with Gasteiger partial charge in [0.25, 0.3) is 5.91 Å². The van der Waals surface area contributed by atoms with Gasteiger partial charge in [0.05, 0.1) is 6.61 Å². The van der Waals surface area contributed by atoms with Gasteiger partial charge >= 0.3 is 0 Å². The van der Waals surface area contributed by atoms with Crippen LogP contribution < -0.4 is 15.1 Å². The fraction of sp³-hybridized carbons (Fsp3) is 0.100. The van der Waals surface area contributed by atoms with Crippen LogP contribution in [-0.2, 0) is 11.4 Å². The van der Waals surface area contributed by atoms with E-state index in [0.29, 0.717) is 18.1 Å². The summed E-state index contributed by atoms with van der Waals surface area (Å²) in [4.78, 5) is 19.7. The number of carbonyl (C=O) groups is 1. The molecule has 2 aliphatic heterocycles. The lowest BCUT2D eigenvalue weighted by molar-refractivity contribution is -0.742. The highest BCUT2D eigenvalue weighted by Crippen LogP contribution is 2.18. The summed E-state index contributed by atoms with van der Waals surface area (Å²) in [5, 5.41) is 12.0. The minimum absolute atomic E-state index is 0.0149. The molecular weight excluding hydrogens is 347 g/mol. The first kappa shape index (κ1) is 17.1. The molecule has 2 aromatic rings. The second-order valence-corrected chi connectivity index (χ2v) is 6.29. The molecule has 0 fully saturated rings. The van der Waals surface area contributed by atoms with Gasteiger partial charge in [-0.25, -0.2) is 9.29 Å². The number of halogens is 1. The topological polar surface area (TPSA) is 69.4 Å². The Morgan fingerprint density at radius 3 is 2.93 bits per heavy atom. The first-order chi connectivity index (χ1) is 13.1. The quantitative estimate of drug-likeness (QED) is 0.767. The van der Waals surface area contributed by atoms with E-state index in [1.54, 1.807) is 12.3 Å². The fourth-order valence-electron chi connectivity index (χ4n) is 3.03. The van der Waals surface area contributed by atoms with Gasteiger partial charge in [-0.1, -0.05) is 18.2 Å². The average Bonchev–Trinajstić information content (AvgIpc) is 3.11. The summed E-state index contributed by atoms with van der Waals surface area (Å²) in [5.41, 5.74) is 2.47. The van der Waals surface area contributed by atoms with Crippen LogP contribution in [0, 0.1) is 5.82 Å². The van der Waals surface area contributed by atoms with Crippen LogP contribution in [0.5, 0.6) is 0 Å². The highest BCUT2D eigenvalue weighted by molar-refractivity contribution is 6.06. The van der Waals surface area contributed by atoms with Crippen molar-refractivity contribution in [2.24, 2.45) is 4.99 Å². The number of quaternary nitrogens is 1. The highest BCUT2D eigenvalue weighted by Gasteiger charge is 2.30. The fourth-order valence-corrected chi connectivity index (χ4v) is 3.03. The molecular formula is C20H18FN4O2+. The van der Waals surface area contributed by atoms with Crippen LogP contribution in [-0.4, -0.2) is 23.5 Å². The second kappa shape index (κ2) is 7.14. The van der Waals surface area contributed by atoms with Gasteiger partial charge in [0.1, 0.15) is 12.0 Å². The molecule has 1 atom stereocenters. The summed E-state index contributed by atoms with van der Waals surface area (Å²) in [6, 6.07) is 13.4. The molecule has 2 aromatic carbocycles. The molecule has 0 saturated heterocycles. The van der Waals surface area contributed by atoms with E-state index >= 15 is 0 Å². The van der Waals surface area contributed by atoms with Gasteiger partial charge in [0, 0.05) is 23.7 Å². The number of hydrogen-bond donors (Lipinski definition) is 3. The third-order valence-corrected chi connectivity index (χ3v) is 4.37. The number of nitrogens with zero attached hydrogens (tertiary/aromatic N) is 2. The number of carbonyl (C=O) groups excluding carboxylic acids is 1. The molecule has 0 aromatic heterocycles. The summed E-state index contributed by atoms with van der Waals surface area (Å²) < 4.78 is 13.3. The Bertz CT molecular complexity index is 983.